The third-order valence-electron chi connectivity index (χ3n) is 4.54. The fraction of sp³-hybridized carbons (Fsp3) is 0.286. The largest absolute Gasteiger partial charge is 0.478 e. The molecule has 0 spiro atoms. The minimum Gasteiger partial charge on any atom is -0.478 e. The molecule has 0 fully saturated rings. The van der Waals surface area contributed by atoms with Crippen LogP contribution < -0.4 is 0 Å². The lowest BCUT2D eigenvalue weighted by Crippen LogP contribution is -2.08. The molecule has 2 aromatic carbocycles. The van der Waals surface area contributed by atoms with Gasteiger partial charge >= 0.3 is 5.97 Å². The molecular formula is C21H22O4S2. The van der Waals surface area contributed by atoms with Crippen LogP contribution in [0.15, 0.2) is 57.8 Å². The Hall–Kier alpha value is -2.05. The molecule has 1 heterocycles. The summed E-state index contributed by atoms with van der Waals surface area (Å²) in [6.07, 6.45) is 3.78. The maximum atomic E-state index is 12.5. The van der Waals surface area contributed by atoms with Gasteiger partial charge in [-0.05, 0) is 59.6 Å². The molecule has 0 atom stereocenters. The molecule has 6 heteroatoms. The SMILES string of the molecule is CCCCSc1ccccc1-c1ccc2c(c1)C=C(C(=O)O)CCS2(=O)=O. The topological polar surface area (TPSA) is 71.4 Å². The van der Waals surface area contributed by atoms with E-state index in [-0.39, 0.29) is 22.6 Å². The highest BCUT2D eigenvalue weighted by Crippen LogP contribution is 2.35. The van der Waals surface area contributed by atoms with E-state index in [1.165, 1.54) is 6.08 Å². The van der Waals surface area contributed by atoms with Gasteiger partial charge in [0.25, 0.3) is 0 Å². The van der Waals surface area contributed by atoms with Gasteiger partial charge in [-0.15, -0.1) is 11.8 Å². The number of sulfone groups is 1. The van der Waals surface area contributed by atoms with E-state index in [2.05, 4.69) is 13.0 Å². The molecule has 4 nitrogen and oxygen atoms in total. The quantitative estimate of drug-likeness (QED) is 0.550. The van der Waals surface area contributed by atoms with Crippen LogP contribution in [0.1, 0.15) is 31.7 Å². The first-order valence-corrected chi connectivity index (χ1v) is 11.6. The van der Waals surface area contributed by atoms with Crippen LogP contribution in [0.3, 0.4) is 0 Å². The number of hydrogen-bond donors (Lipinski definition) is 1. The second-order valence-corrected chi connectivity index (χ2v) is 9.71. The van der Waals surface area contributed by atoms with E-state index in [1.54, 1.807) is 23.9 Å². The van der Waals surface area contributed by atoms with Crippen molar-refractivity contribution in [2.24, 2.45) is 0 Å². The first kappa shape index (κ1) is 19.7. The average molecular weight is 403 g/mol. The van der Waals surface area contributed by atoms with Gasteiger partial charge in [0.15, 0.2) is 9.84 Å². The van der Waals surface area contributed by atoms with Crippen molar-refractivity contribution >= 4 is 33.6 Å². The normalized spacial score (nSPS) is 15.5. The average Bonchev–Trinajstić information content (AvgIpc) is 2.78. The van der Waals surface area contributed by atoms with Crippen molar-refractivity contribution in [2.75, 3.05) is 11.5 Å². The Balaban J connectivity index is 2.08. The summed E-state index contributed by atoms with van der Waals surface area (Å²) in [7, 11) is -3.49. The van der Waals surface area contributed by atoms with Gasteiger partial charge < -0.3 is 5.11 Å². The van der Waals surface area contributed by atoms with E-state index < -0.39 is 15.8 Å². The van der Waals surface area contributed by atoms with Crippen LogP contribution in [0.2, 0.25) is 0 Å². The van der Waals surface area contributed by atoms with Crippen LogP contribution in [0.25, 0.3) is 17.2 Å². The minimum absolute atomic E-state index is 0.0190. The van der Waals surface area contributed by atoms with E-state index in [0.29, 0.717) is 5.56 Å². The Morgan fingerprint density at radius 3 is 2.70 bits per heavy atom. The van der Waals surface area contributed by atoms with Gasteiger partial charge in [0.1, 0.15) is 0 Å². The number of rotatable bonds is 6. The highest BCUT2D eigenvalue weighted by molar-refractivity contribution is 7.99. The zero-order valence-electron chi connectivity index (χ0n) is 15.1. The van der Waals surface area contributed by atoms with Gasteiger partial charge in [0.05, 0.1) is 10.6 Å². The van der Waals surface area contributed by atoms with E-state index >= 15 is 0 Å². The van der Waals surface area contributed by atoms with Crippen molar-refractivity contribution < 1.29 is 18.3 Å². The van der Waals surface area contributed by atoms with Crippen molar-refractivity contribution in [1.82, 2.24) is 0 Å². The number of thioether (sulfide) groups is 1. The number of benzene rings is 2. The number of hydrogen-bond acceptors (Lipinski definition) is 4. The monoisotopic (exact) mass is 402 g/mol. The molecule has 0 bridgehead atoms. The van der Waals surface area contributed by atoms with Crippen LogP contribution in [-0.2, 0) is 14.6 Å². The third-order valence-corrected chi connectivity index (χ3v) is 7.49. The number of unbranched alkanes of at least 4 members (excludes halogenated alkanes) is 1. The Labute approximate surface area is 164 Å². The molecule has 0 saturated heterocycles. The maximum absolute atomic E-state index is 12.5. The van der Waals surface area contributed by atoms with Gasteiger partial charge in [-0.3, -0.25) is 0 Å². The third kappa shape index (κ3) is 4.45. The fourth-order valence-corrected chi connectivity index (χ4v) is 5.68. The smallest absolute Gasteiger partial charge is 0.331 e. The first-order chi connectivity index (χ1) is 12.9. The van der Waals surface area contributed by atoms with Crippen molar-refractivity contribution in [3.63, 3.8) is 0 Å². The second-order valence-electron chi connectivity index (χ2n) is 6.49. The molecule has 0 saturated carbocycles. The Kier molecular flexibility index (Phi) is 6.07. The van der Waals surface area contributed by atoms with Crippen LogP contribution in [0.5, 0.6) is 0 Å². The highest BCUT2D eigenvalue weighted by Gasteiger charge is 2.25. The summed E-state index contributed by atoms with van der Waals surface area (Å²) in [5, 5.41) is 9.34. The zero-order chi connectivity index (χ0) is 19.4. The maximum Gasteiger partial charge on any atom is 0.331 e. The van der Waals surface area contributed by atoms with Gasteiger partial charge in [0.2, 0.25) is 0 Å². The number of aliphatic carboxylic acids is 1. The lowest BCUT2D eigenvalue weighted by atomic mass is 10.0. The first-order valence-electron chi connectivity index (χ1n) is 8.95. The molecule has 0 amide bonds. The number of carboxylic acid groups (broad SMARTS) is 1. The zero-order valence-corrected chi connectivity index (χ0v) is 16.8. The van der Waals surface area contributed by atoms with Crippen LogP contribution >= 0.6 is 11.8 Å². The molecule has 1 aliphatic heterocycles. The molecule has 27 heavy (non-hydrogen) atoms. The second kappa shape index (κ2) is 8.31. The molecule has 3 rings (SSSR count). The number of carbonyl (C=O) groups is 1. The van der Waals surface area contributed by atoms with E-state index in [4.69, 9.17) is 0 Å². The predicted octanol–water partition coefficient (Wildman–Crippen LogP) is 4.89. The van der Waals surface area contributed by atoms with Crippen molar-refractivity contribution in [2.45, 2.75) is 36.0 Å². The lowest BCUT2D eigenvalue weighted by Gasteiger charge is -2.12. The summed E-state index contributed by atoms with van der Waals surface area (Å²) in [4.78, 5) is 12.8. The molecule has 1 N–H and O–H groups in total. The Morgan fingerprint density at radius 2 is 1.96 bits per heavy atom. The van der Waals surface area contributed by atoms with E-state index in [0.717, 1.165) is 34.6 Å². The van der Waals surface area contributed by atoms with Crippen LogP contribution in [0.4, 0.5) is 0 Å². The van der Waals surface area contributed by atoms with Crippen molar-refractivity contribution in [1.29, 1.82) is 0 Å². The summed E-state index contributed by atoms with van der Waals surface area (Å²) in [5.74, 6) is -0.226. The van der Waals surface area contributed by atoms with Gasteiger partial charge in [-0.1, -0.05) is 37.6 Å². The van der Waals surface area contributed by atoms with Gasteiger partial charge in [-0.2, -0.15) is 0 Å². The Bertz CT molecular complexity index is 991. The molecule has 0 radical (unpaired) electrons. The fourth-order valence-electron chi connectivity index (χ4n) is 3.05. The number of fused-ring (bicyclic) bond motifs is 1. The summed E-state index contributed by atoms with van der Waals surface area (Å²) in [6.45, 7) is 2.16. The van der Waals surface area contributed by atoms with Crippen LogP contribution in [-0.4, -0.2) is 31.0 Å². The van der Waals surface area contributed by atoms with E-state index in [9.17, 15) is 18.3 Å². The molecular weight excluding hydrogens is 380 g/mol. The molecule has 2 aromatic rings. The molecule has 142 valence electrons. The number of carboxylic acids is 1. The summed E-state index contributed by atoms with van der Waals surface area (Å²) >= 11 is 1.79. The van der Waals surface area contributed by atoms with Crippen molar-refractivity contribution in [3.05, 3.63) is 53.6 Å². The minimum atomic E-state index is -3.49. The highest BCUT2D eigenvalue weighted by atomic mass is 32.2. The molecule has 0 aromatic heterocycles. The molecule has 1 aliphatic rings. The molecule has 0 aliphatic carbocycles. The van der Waals surface area contributed by atoms with Crippen molar-refractivity contribution in [3.8, 4) is 11.1 Å². The molecule has 0 unspecified atom stereocenters. The summed E-state index contributed by atoms with van der Waals surface area (Å²) < 4.78 is 25.0. The van der Waals surface area contributed by atoms with Gasteiger partial charge in [0, 0.05) is 10.5 Å². The standard InChI is InChI=1S/C21H22O4S2/c1-2-3-11-26-19-7-5-4-6-18(19)15-8-9-20-17(13-15)14-16(21(22)23)10-12-27(20,24)25/h4-9,13-14H,2-3,10-12H2,1H3,(H,22,23). The lowest BCUT2D eigenvalue weighted by molar-refractivity contribution is -0.132. The summed E-state index contributed by atoms with van der Waals surface area (Å²) in [6, 6.07) is 13.2. The Morgan fingerprint density at radius 1 is 1.19 bits per heavy atom. The summed E-state index contributed by atoms with van der Waals surface area (Å²) in [5.41, 5.74) is 2.51. The predicted molar refractivity (Wildman–Crippen MR) is 110 cm³/mol. The van der Waals surface area contributed by atoms with E-state index in [1.807, 2.05) is 24.3 Å². The van der Waals surface area contributed by atoms with Gasteiger partial charge in [-0.25, -0.2) is 13.2 Å². The van der Waals surface area contributed by atoms with Crippen LogP contribution in [0, 0.1) is 0 Å².